The molecule has 0 saturated carbocycles. The first-order valence-corrected chi connectivity index (χ1v) is 4.87. The first kappa shape index (κ1) is 10.6. The SMILES string of the molecule is Nc1[nH]c(=S)[nH]c(=O)c1-c1ccc(F)cc1. The molecule has 16 heavy (non-hydrogen) atoms. The topological polar surface area (TPSA) is 74.7 Å². The Morgan fingerprint density at radius 1 is 1.19 bits per heavy atom. The molecule has 0 saturated heterocycles. The van der Waals surface area contributed by atoms with Gasteiger partial charge in [0, 0.05) is 0 Å². The molecule has 0 aliphatic heterocycles. The van der Waals surface area contributed by atoms with E-state index in [0.29, 0.717) is 5.56 Å². The lowest BCUT2D eigenvalue weighted by Crippen LogP contribution is -2.13. The van der Waals surface area contributed by atoms with Crippen molar-refractivity contribution in [3.8, 4) is 11.1 Å². The van der Waals surface area contributed by atoms with Gasteiger partial charge in [0.15, 0.2) is 4.77 Å². The van der Waals surface area contributed by atoms with Crippen molar-refractivity contribution in [1.82, 2.24) is 9.97 Å². The maximum atomic E-state index is 12.7. The zero-order valence-corrected chi connectivity index (χ0v) is 8.90. The van der Waals surface area contributed by atoms with Crippen LogP contribution in [-0.2, 0) is 0 Å². The lowest BCUT2D eigenvalue weighted by molar-refractivity contribution is 0.628. The Bertz CT molecular complexity index is 630. The van der Waals surface area contributed by atoms with Crippen molar-refractivity contribution in [2.75, 3.05) is 5.73 Å². The summed E-state index contributed by atoms with van der Waals surface area (Å²) in [6.45, 7) is 0. The van der Waals surface area contributed by atoms with Gasteiger partial charge in [0.25, 0.3) is 5.56 Å². The van der Waals surface area contributed by atoms with Crippen LogP contribution in [0.1, 0.15) is 0 Å². The number of nitrogen functional groups attached to an aromatic ring is 1. The highest BCUT2D eigenvalue weighted by Gasteiger charge is 2.08. The second-order valence-electron chi connectivity index (χ2n) is 3.20. The van der Waals surface area contributed by atoms with E-state index < -0.39 is 5.56 Å². The lowest BCUT2D eigenvalue weighted by Gasteiger charge is -2.04. The smallest absolute Gasteiger partial charge is 0.261 e. The summed E-state index contributed by atoms with van der Waals surface area (Å²) in [5.41, 5.74) is 6.05. The number of hydrogen-bond acceptors (Lipinski definition) is 3. The van der Waals surface area contributed by atoms with Gasteiger partial charge in [-0.05, 0) is 29.9 Å². The summed E-state index contributed by atoms with van der Waals surface area (Å²) in [7, 11) is 0. The first-order chi connectivity index (χ1) is 7.58. The zero-order valence-electron chi connectivity index (χ0n) is 8.08. The average molecular weight is 237 g/mol. The normalized spacial score (nSPS) is 10.3. The summed E-state index contributed by atoms with van der Waals surface area (Å²) in [5.74, 6) is -0.206. The van der Waals surface area contributed by atoms with Crippen molar-refractivity contribution < 1.29 is 4.39 Å². The number of hydrogen-bond donors (Lipinski definition) is 3. The van der Waals surface area contributed by atoms with Crippen LogP contribution in [-0.4, -0.2) is 9.97 Å². The molecule has 1 aromatic heterocycles. The summed E-state index contributed by atoms with van der Waals surface area (Å²) >= 11 is 4.77. The number of benzene rings is 1. The monoisotopic (exact) mass is 237 g/mol. The van der Waals surface area contributed by atoms with E-state index in [0.717, 1.165) is 0 Å². The number of rotatable bonds is 1. The Morgan fingerprint density at radius 2 is 1.81 bits per heavy atom. The second kappa shape index (κ2) is 3.90. The van der Waals surface area contributed by atoms with Gasteiger partial charge in [0.1, 0.15) is 11.6 Å². The highest BCUT2D eigenvalue weighted by Crippen LogP contribution is 2.19. The largest absolute Gasteiger partial charge is 0.385 e. The molecule has 0 fully saturated rings. The van der Waals surface area contributed by atoms with Crippen molar-refractivity contribution in [2.24, 2.45) is 0 Å². The van der Waals surface area contributed by atoms with E-state index in [1.54, 1.807) is 0 Å². The molecule has 4 N–H and O–H groups in total. The van der Waals surface area contributed by atoms with Gasteiger partial charge in [-0.3, -0.25) is 9.78 Å². The number of aromatic nitrogens is 2. The Kier molecular flexibility index (Phi) is 2.57. The lowest BCUT2D eigenvalue weighted by atomic mass is 10.1. The molecule has 2 aromatic rings. The maximum absolute atomic E-state index is 12.7. The van der Waals surface area contributed by atoms with Gasteiger partial charge < -0.3 is 10.7 Å². The van der Waals surface area contributed by atoms with Crippen LogP contribution in [0.4, 0.5) is 10.2 Å². The van der Waals surface area contributed by atoms with Gasteiger partial charge in [-0.2, -0.15) is 0 Å². The van der Waals surface area contributed by atoms with Crippen LogP contribution in [0.3, 0.4) is 0 Å². The zero-order chi connectivity index (χ0) is 11.7. The third kappa shape index (κ3) is 1.87. The van der Waals surface area contributed by atoms with Crippen molar-refractivity contribution in [3.63, 3.8) is 0 Å². The molecule has 0 unspecified atom stereocenters. The van der Waals surface area contributed by atoms with Gasteiger partial charge in [0.05, 0.1) is 5.56 Å². The first-order valence-electron chi connectivity index (χ1n) is 4.46. The van der Waals surface area contributed by atoms with E-state index >= 15 is 0 Å². The van der Waals surface area contributed by atoms with Gasteiger partial charge in [-0.1, -0.05) is 12.1 Å². The highest BCUT2D eigenvalue weighted by molar-refractivity contribution is 7.71. The molecular formula is C10H8FN3OS. The van der Waals surface area contributed by atoms with Crippen molar-refractivity contribution >= 4 is 18.0 Å². The fourth-order valence-electron chi connectivity index (χ4n) is 1.41. The van der Waals surface area contributed by atoms with Gasteiger partial charge >= 0.3 is 0 Å². The van der Waals surface area contributed by atoms with E-state index in [1.165, 1.54) is 24.3 Å². The van der Waals surface area contributed by atoms with Crippen LogP contribution in [0.25, 0.3) is 11.1 Å². The summed E-state index contributed by atoms with van der Waals surface area (Å²) in [6.07, 6.45) is 0. The molecule has 1 heterocycles. The summed E-state index contributed by atoms with van der Waals surface area (Å²) in [4.78, 5) is 16.7. The highest BCUT2D eigenvalue weighted by atomic mass is 32.1. The molecule has 0 aliphatic carbocycles. The quantitative estimate of drug-likeness (QED) is 0.662. The number of H-pyrrole nitrogens is 2. The number of nitrogens with two attached hydrogens (primary N) is 1. The molecule has 0 amide bonds. The Morgan fingerprint density at radius 3 is 2.38 bits per heavy atom. The molecule has 0 aliphatic rings. The van der Waals surface area contributed by atoms with Crippen LogP contribution >= 0.6 is 12.2 Å². The van der Waals surface area contributed by atoms with Crippen LogP contribution < -0.4 is 11.3 Å². The fraction of sp³-hybridized carbons (Fsp3) is 0. The van der Waals surface area contributed by atoms with Crippen LogP contribution in [0.15, 0.2) is 29.1 Å². The van der Waals surface area contributed by atoms with Crippen molar-refractivity contribution in [3.05, 3.63) is 45.2 Å². The van der Waals surface area contributed by atoms with E-state index in [2.05, 4.69) is 9.97 Å². The molecule has 0 radical (unpaired) electrons. The minimum Gasteiger partial charge on any atom is -0.385 e. The number of anilines is 1. The number of halogens is 1. The van der Waals surface area contributed by atoms with Crippen LogP contribution in [0.5, 0.6) is 0 Å². The second-order valence-corrected chi connectivity index (χ2v) is 3.61. The molecule has 0 atom stereocenters. The molecule has 1 aromatic carbocycles. The Labute approximate surface area is 95.0 Å². The minimum atomic E-state index is -0.396. The molecule has 0 spiro atoms. The fourth-order valence-corrected chi connectivity index (χ4v) is 1.61. The van der Waals surface area contributed by atoms with E-state index in [9.17, 15) is 9.18 Å². The van der Waals surface area contributed by atoms with Gasteiger partial charge in [0.2, 0.25) is 0 Å². The predicted molar refractivity (Wildman–Crippen MR) is 62.1 cm³/mol. The van der Waals surface area contributed by atoms with E-state index in [4.69, 9.17) is 18.0 Å². The minimum absolute atomic E-state index is 0.161. The van der Waals surface area contributed by atoms with Gasteiger partial charge in [-0.25, -0.2) is 4.39 Å². The molecule has 82 valence electrons. The van der Waals surface area contributed by atoms with E-state index in [-0.39, 0.29) is 22.0 Å². The summed E-state index contributed by atoms with van der Waals surface area (Å²) < 4.78 is 12.9. The van der Waals surface area contributed by atoms with E-state index in [1.807, 2.05) is 0 Å². The molecular weight excluding hydrogens is 229 g/mol. The third-order valence-electron chi connectivity index (χ3n) is 2.10. The van der Waals surface area contributed by atoms with Crippen molar-refractivity contribution in [2.45, 2.75) is 0 Å². The Balaban J connectivity index is 2.69. The molecule has 4 nitrogen and oxygen atoms in total. The van der Waals surface area contributed by atoms with Crippen LogP contribution in [0, 0.1) is 10.6 Å². The average Bonchev–Trinajstić information content (AvgIpc) is 2.19. The van der Waals surface area contributed by atoms with Crippen molar-refractivity contribution in [1.29, 1.82) is 0 Å². The summed E-state index contributed by atoms with van der Waals surface area (Å²) in [5, 5.41) is 0. The molecule has 2 rings (SSSR count). The van der Waals surface area contributed by atoms with Crippen LogP contribution in [0.2, 0.25) is 0 Å². The predicted octanol–water partition coefficient (Wildman–Crippen LogP) is 1.82. The Hall–Kier alpha value is -1.95. The standard InChI is InChI=1S/C10H8FN3OS/c11-6-3-1-5(2-4-6)7-8(12)13-10(16)14-9(7)15/h1-4H,(H4,12,13,14,15,16). The maximum Gasteiger partial charge on any atom is 0.261 e. The third-order valence-corrected chi connectivity index (χ3v) is 2.31. The summed E-state index contributed by atoms with van der Waals surface area (Å²) in [6, 6.07) is 5.48. The molecule has 0 bridgehead atoms. The molecule has 6 heteroatoms. The number of nitrogens with one attached hydrogen (secondary N) is 2. The van der Waals surface area contributed by atoms with Gasteiger partial charge in [-0.15, -0.1) is 0 Å². The number of aromatic amines is 2.